The number of hydrogen-bond acceptors (Lipinski definition) is 5. The van der Waals surface area contributed by atoms with Crippen LogP contribution in [0.15, 0.2) is 52.3 Å². The molecule has 0 aliphatic carbocycles. The second kappa shape index (κ2) is 9.21. The van der Waals surface area contributed by atoms with Crippen molar-refractivity contribution in [2.45, 2.75) is 22.5 Å². The zero-order chi connectivity index (χ0) is 21.0. The van der Waals surface area contributed by atoms with E-state index >= 15 is 0 Å². The van der Waals surface area contributed by atoms with E-state index in [9.17, 15) is 22.0 Å². The SMILES string of the molecule is Cc1ccc(C(=O)Nc2ccc(SC(F)F)cc2)cc1S(=O)(=O)N1CCOCC1. The van der Waals surface area contributed by atoms with Crippen molar-refractivity contribution in [3.63, 3.8) is 0 Å². The van der Waals surface area contributed by atoms with Crippen LogP contribution in [0.4, 0.5) is 14.5 Å². The molecule has 0 radical (unpaired) electrons. The molecular formula is C19H20F2N2O4S2. The van der Waals surface area contributed by atoms with Gasteiger partial charge in [-0.3, -0.25) is 4.79 Å². The Morgan fingerprint density at radius 2 is 1.79 bits per heavy atom. The highest BCUT2D eigenvalue weighted by molar-refractivity contribution is 7.99. The predicted molar refractivity (Wildman–Crippen MR) is 107 cm³/mol. The normalized spacial score (nSPS) is 15.4. The van der Waals surface area contributed by atoms with Gasteiger partial charge in [0, 0.05) is 29.2 Å². The topological polar surface area (TPSA) is 75.7 Å². The number of halogens is 2. The maximum Gasteiger partial charge on any atom is 0.288 e. The fourth-order valence-electron chi connectivity index (χ4n) is 2.87. The van der Waals surface area contributed by atoms with E-state index in [2.05, 4.69) is 5.32 Å². The minimum Gasteiger partial charge on any atom is -0.379 e. The minimum atomic E-state index is -3.74. The van der Waals surface area contributed by atoms with Crippen molar-refractivity contribution in [1.82, 2.24) is 4.31 Å². The van der Waals surface area contributed by atoms with Crippen LogP contribution in [-0.2, 0) is 14.8 Å². The van der Waals surface area contributed by atoms with E-state index in [1.807, 2.05) is 0 Å². The van der Waals surface area contributed by atoms with Gasteiger partial charge in [0.05, 0.1) is 18.1 Å². The van der Waals surface area contributed by atoms with Gasteiger partial charge in [-0.2, -0.15) is 13.1 Å². The van der Waals surface area contributed by atoms with E-state index in [1.54, 1.807) is 19.1 Å². The Hall–Kier alpha value is -2.01. The number of alkyl halides is 2. The molecule has 10 heteroatoms. The Labute approximate surface area is 172 Å². The summed E-state index contributed by atoms with van der Waals surface area (Å²) in [6, 6.07) is 10.5. The maximum absolute atomic E-state index is 12.9. The minimum absolute atomic E-state index is 0.0794. The third-order valence-corrected chi connectivity index (χ3v) is 7.14. The third-order valence-electron chi connectivity index (χ3n) is 4.38. The number of nitrogens with one attached hydrogen (secondary N) is 1. The van der Waals surface area contributed by atoms with Crippen LogP contribution >= 0.6 is 11.8 Å². The summed E-state index contributed by atoms with van der Waals surface area (Å²) in [7, 11) is -3.74. The highest BCUT2D eigenvalue weighted by Gasteiger charge is 2.28. The van der Waals surface area contributed by atoms with Gasteiger partial charge in [-0.15, -0.1) is 0 Å². The predicted octanol–water partition coefficient (Wildman–Crippen LogP) is 3.58. The standard InChI is InChI=1S/C19H20F2N2O4S2/c1-13-2-3-14(12-17(13)29(25,26)23-8-10-27-11-9-23)18(24)22-15-4-6-16(7-5-15)28-19(20)21/h2-7,12,19H,8-11H2,1H3,(H,22,24). The smallest absolute Gasteiger partial charge is 0.288 e. The number of thioether (sulfide) groups is 1. The molecule has 6 nitrogen and oxygen atoms in total. The van der Waals surface area contributed by atoms with E-state index in [1.165, 1.54) is 34.6 Å². The molecule has 1 N–H and O–H groups in total. The Morgan fingerprint density at radius 3 is 2.41 bits per heavy atom. The molecule has 1 amide bonds. The van der Waals surface area contributed by atoms with Crippen LogP contribution in [0.5, 0.6) is 0 Å². The van der Waals surface area contributed by atoms with E-state index in [0.29, 0.717) is 41.1 Å². The second-order valence-corrected chi connectivity index (χ2v) is 9.32. The first-order valence-electron chi connectivity index (χ1n) is 8.82. The summed E-state index contributed by atoms with van der Waals surface area (Å²) in [4.78, 5) is 13.0. The first kappa shape index (κ1) is 21.7. The Bertz CT molecular complexity index is 976. The van der Waals surface area contributed by atoms with Crippen molar-refractivity contribution in [3.8, 4) is 0 Å². The van der Waals surface area contributed by atoms with Crippen LogP contribution in [0.2, 0.25) is 0 Å². The van der Waals surface area contributed by atoms with Gasteiger partial charge in [0.2, 0.25) is 10.0 Å². The molecule has 0 spiro atoms. The molecule has 1 aliphatic heterocycles. The largest absolute Gasteiger partial charge is 0.379 e. The average molecular weight is 443 g/mol. The van der Waals surface area contributed by atoms with E-state index in [0.717, 1.165) is 0 Å². The number of aryl methyl sites for hydroxylation is 1. The summed E-state index contributed by atoms with van der Waals surface area (Å²) in [6.07, 6.45) is 0. The number of rotatable bonds is 6. The van der Waals surface area contributed by atoms with Gasteiger partial charge in [-0.1, -0.05) is 17.8 Å². The van der Waals surface area contributed by atoms with E-state index < -0.39 is 21.7 Å². The van der Waals surface area contributed by atoms with E-state index in [4.69, 9.17) is 4.74 Å². The van der Waals surface area contributed by atoms with Crippen molar-refractivity contribution in [1.29, 1.82) is 0 Å². The molecule has 2 aromatic carbocycles. The first-order chi connectivity index (χ1) is 13.8. The molecule has 1 heterocycles. The zero-order valence-corrected chi connectivity index (χ0v) is 17.2. The lowest BCUT2D eigenvalue weighted by Crippen LogP contribution is -2.40. The van der Waals surface area contributed by atoms with Crippen molar-refractivity contribution in [2.75, 3.05) is 31.6 Å². The summed E-state index contributed by atoms with van der Waals surface area (Å²) in [5, 5.41) is 2.65. The van der Waals surface area contributed by atoms with Crippen LogP contribution in [0.1, 0.15) is 15.9 Å². The second-order valence-electron chi connectivity index (χ2n) is 6.35. The lowest BCUT2D eigenvalue weighted by Gasteiger charge is -2.26. The van der Waals surface area contributed by atoms with Gasteiger partial charge in [-0.25, -0.2) is 8.42 Å². The number of amides is 1. The monoisotopic (exact) mass is 442 g/mol. The van der Waals surface area contributed by atoms with Crippen LogP contribution in [0, 0.1) is 6.92 Å². The molecule has 0 aromatic heterocycles. The van der Waals surface area contributed by atoms with Crippen molar-refractivity contribution in [3.05, 3.63) is 53.6 Å². The van der Waals surface area contributed by atoms with Crippen LogP contribution in [-0.4, -0.2) is 50.7 Å². The molecule has 0 unspecified atom stereocenters. The number of benzene rings is 2. The van der Waals surface area contributed by atoms with Gasteiger partial charge >= 0.3 is 0 Å². The fraction of sp³-hybridized carbons (Fsp3) is 0.316. The number of morpholine rings is 1. The van der Waals surface area contributed by atoms with Crippen molar-refractivity contribution >= 4 is 33.4 Å². The van der Waals surface area contributed by atoms with Crippen molar-refractivity contribution in [2.24, 2.45) is 0 Å². The Morgan fingerprint density at radius 1 is 1.14 bits per heavy atom. The number of anilines is 1. The highest BCUT2D eigenvalue weighted by Crippen LogP contribution is 2.27. The number of nitrogens with zero attached hydrogens (tertiary/aromatic N) is 1. The Kier molecular flexibility index (Phi) is 6.89. The molecular weight excluding hydrogens is 422 g/mol. The molecule has 0 bridgehead atoms. The number of hydrogen-bond donors (Lipinski definition) is 1. The average Bonchev–Trinajstić information content (AvgIpc) is 2.70. The Balaban J connectivity index is 1.79. The number of carbonyl (C=O) groups is 1. The zero-order valence-electron chi connectivity index (χ0n) is 15.6. The fourth-order valence-corrected chi connectivity index (χ4v) is 5.03. The van der Waals surface area contributed by atoms with Crippen LogP contribution in [0.25, 0.3) is 0 Å². The van der Waals surface area contributed by atoms with Gasteiger partial charge in [-0.05, 0) is 48.9 Å². The summed E-state index contributed by atoms with van der Waals surface area (Å²) >= 11 is 0.416. The molecule has 0 saturated carbocycles. The molecule has 1 aliphatic rings. The summed E-state index contributed by atoms with van der Waals surface area (Å²) in [5.74, 6) is -3.01. The van der Waals surface area contributed by atoms with E-state index in [-0.39, 0.29) is 23.5 Å². The quantitative estimate of drug-likeness (QED) is 0.692. The van der Waals surface area contributed by atoms with Gasteiger partial charge in [0.25, 0.3) is 11.7 Å². The summed E-state index contributed by atoms with van der Waals surface area (Å²) < 4.78 is 57.2. The molecule has 1 fully saturated rings. The van der Waals surface area contributed by atoms with Crippen molar-refractivity contribution < 1.29 is 26.7 Å². The highest BCUT2D eigenvalue weighted by atomic mass is 32.2. The van der Waals surface area contributed by atoms with Crippen LogP contribution < -0.4 is 5.32 Å². The van der Waals surface area contributed by atoms with Gasteiger partial charge < -0.3 is 10.1 Å². The summed E-state index contributed by atoms with van der Waals surface area (Å²) in [6.45, 7) is 2.87. The number of carbonyl (C=O) groups excluding carboxylic acids is 1. The lowest BCUT2D eigenvalue weighted by atomic mass is 10.1. The molecule has 156 valence electrons. The lowest BCUT2D eigenvalue weighted by molar-refractivity contribution is 0.0730. The van der Waals surface area contributed by atoms with Gasteiger partial charge in [0.1, 0.15) is 0 Å². The molecule has 29 heavy (non-hydrogen) atoms. The first-order valence-corrected chi connectivity index (χ1v) is 11.1. The number of sulfonamides is 1. The molecule has 3 rings (SSSR count). The maximum atomic E-state index is 12.9. The molecule has 1 saturated heterocycles. The molecule has 2 aromatic rings. The third kappa shape index (κ3) is 5.33. The molecule has 0 atom stereocenters. The van der Waals surface area contributed by atoms with Gasteiger partial charge in [0.15, 0.2) is 0 Å². The number of ether oxygens (including phenoxy) is 1. The van der Waals surface area contributed by atoms with Crippen LogP contribution in [0.3, 0.4) is 0 Å². The summed E-state index contributed by atoms with van der Waals surface area (Å²) in [5.41, 5.74) is 1.15.